The zero-order valence-corrected chi connectivity index (χ0v) is 15.7. The molecule has 0 unspecified atom stereocenters. The van der Waals surface area contributed by atoms with E-state index in [1.165, 1.54) is 36.2 Å². The minimum atomic E-state index is 0.0255. The number of likely N-dealkylation sites (tertiary alicyclic amines) is 1. The summed E-state index contributed by atoms with van der Waals surface area (Å²) in [5.74, 6) is 0.945. The highest BCUT2D eigenvalue weighted by atomic mass is 16.2. The summed E-state index contributed by atoms with van der Waals surface area (Å²) in [4.78, 5) is 17.3. The van der Waals surface area contributed by atoms with Crippen molar-refractivity contribution < 1.29 is 0 Å². The van der Waals surface area contributed by atoms with E-state index in [4.69, 9.17) is 0 Å². The van der Waals surface area contributed by atoms with Crippen molar-refractivity contribution in [1.29, 1.82) is 0 Å². The highest BCUT2D eigenvalue weighted by Gasteiger charge is 2.27. The lowest BCUT2D eigenvalue weighted by molar-refractivity contribution is 0.110. The Bertz CT molecular complexity index is 773. The fraction of sp³-hybridized carbons (Fsp3) is 0.600. The van der Waals surface area contributed by atoms with Crippen LogP contribution in [0.2, 0.25) is 0 Å². The Labute approximate surface area is 155 Å². The quantitative estimate of drug-likeness (QED) is 0.825. The summed E-state index contributed by atoms with van der Waals surface area (Å²) in [6.45, 7) is 6.28. The van der Waals surface area contributed by atoms with E-state index >= 15 is 0 Å². The summed E-state index contributed by atoms with van der Waals surface area (Å²) in [6.07, 6.45) is 4.48. The molecule has 0 bridgehead atoms. The molecule has 1 aromatic carbocycles. The average molecular weight is 355 g/mol. The smallest absolute Gasteiger partial charge is 0.303 e. The number of nitrogens with zero attached hydrogens (tertiary/aromatic N) is 5. The van der Waals surface area contributed by atoms with Crippen LogP contribution in [0.3, 0.4) is 0 Å². The van der Waals surface area contributed by atoms with E-state index in [2.05, 4.69) is 45.2 Å². The van der Waals surface area contributed by atoms with Gasteiger partial charge >= 0.3 is 5.69 Å². The molecule has 2 aliphatic heterocycles. The van der Waals surface area contributed by atoms with E-state index in [9.17, 15) is 4.79 Å². The molecule has 0 amide bonds. The van der Waals surface area contributed by atoms with Gasteiger partial charge in [0.1, 0.15) is 5.82 Å². The third kappa shape index (κ3) is 3.76. The van der Waals surface area contributed by atoms with Crippen LogP contribution < -0.4 is 5.69 Å². The van der Waals surface area contributed by atoms with Crippen molar-refractivity contribution in [3.63, 3.8) is 0 Å². The Balaban J connectivity index is 1.27. The summed E-state index contributed by atoms with van der Waals surface area (Å²) in [7, 11) is 1.74. The second-order valence-electron chi connectivity index (χ2n) is 7.57. The molecule has 0 atom stereocenters. The van der Waals surface area contributed by atoms with Gasteiger partial charge in [-0.05, 0) is 37.9 Å². The van der Waals surface area contributed by atoms with Crippen LogP contribution in [-0.4, -0.2) is 62.9 Å². The number of hydrogen-bond donors (Lipinski definition) is 0. The first kappa shape index (κ1) is 17.5. The van der Waals surface area contributed by atoms with Gasteiger partial charge in [0.2, 0.25) is 0 Å². The van der Waals surface area contributed by atoms with Crippen molar-refractivity contribution in [3.8, 4) is 0 Å². The first-order valence-corrected chi connectivity index (χ1v) is 9.84. The molecule has 1 saturated heterocycles. The molecule has 26 heavy (non-hydrogen) atoms. The minimum absolute atomic E-state index is 0.0255. The molecule has 6 nitrogen and oxygen atoms in total. The number of rotatable bonds is 4. The maximum absolute atomic E-state index is 12.1. The van der Waals surface area contributed by atoms with Crippen molar-refractivity contribution in [1.82, 2.24) is 24.1 Å². The Hall–Kier alpha value is -1.92. The lowest BCUT2D eigenvalue weighted by atomic mass is 10.0. The van der Waals surface area contributed by atoms with Crippen LogP contribution in [0.25, 0.3) is 0 Å². The van der Waals surface area contributed by atoms with Gasteiger partial charge in [-0.2, -0.15) is 5.10 Å². The van der Waals surface area contributed by atoms with E-state index in [0.29, 0.717) is 6.04 Å². The lowest BCUT2D eigenvalue weighted by Crippen LogP contribution is -2.46. The molecule has 1 fully saturated rings. The number of piperidine rings is 1. The van der Waals surface area contributed by atoms with E-state index in [0.717, 1.165) is 44.8 Å². The van der Waals surface area contributed by atoms with Gasteiger partial charge in [-0.15, -0.1) is 0 Å². The van der Waals surface area contributed by atoms with Crippen molar-refractivity contribution in [2.75, 3.05) is 32.7 Å². The van der Waals surface area contributed by atoms with E-state index in [1.807, 2.05) is 4.57 Å². The SMILES string of the molecule is Cn1nc2n(c1=O)CCN(C1CCN(CCc3ccccc3)CC1)CC2. The first-order valence-electron chi connectivity index (χ1n) is 9.84. The zero-order chi connectivity index (χ0) is 17.9. The van der Waals surface area contributed by atoms with E-state index in [-0.39, 0.29) is 5.69 Å². The van der Waals surface area contributed by atoms with Gasteiger partial charge in [0.25, 0.3) is 0 Å². The van der Waals surface area contributed by atoms with Crippen LogP contribution in [-0.2, 0) is 26.4 Å². The number of hydrogen-bond acceptors (Lipinski definition) is 4. The van der Waals surface area contributed by atoms with Crippen molar-refractivity contribution >= 4 is 0 Å². The van der Waals surface area contributed by atoms with Gasteiger partial charge in [0.05, 0.1) is 0 Å². The highest BCUT2D eigenvalue weighted by molar-refractivity contribution is 5.14. The number of benzene rings is 1. The van der Waals surface area contributed by atoms with Gasteiger partial charge < -0.3 is 4.90 Å². The van der Waals surface area contributed by atoms with Crippen LogP contribution in [0.1, 0.15) is 24.2 Å². The van der Waals surface area contributed by atoms with Gasteiger partial charge in [0.15, 0.2) is 0 Å². The Morgan fingerprint density at radius 1 is 1.04 bits per heavy atom. The maximum Gasteiger partial charge on any atom is 0.345 e. The molecule has 0 spiro atoms. The number of aromatic nitrogens is 3. The molecule has 3 heterocycles. The third-order valence-electron chi connectivity index (χ3n) is 5.95. The number of aryl methyl sites for hydroxylation is 1. The van der Waals surface area contributed by atoms with Crippen LogP contribution in [0.5, 0.6) is 0 Å². The van der Waals surface area contributed by atoms with Crippen molar-refractivity contribution in [2.45, 2.75) is 38.3 Å². The number of fused-ring (bicyclic) bond motifs is 1. The third-order valence-corrected chi connectivity index (χ3v) is 5.95. The lowest BCUT2D eigenvalue weighted by Gasteiger charge is -2.38. The second kappa shape index (κ2) is 7.76. The van der Waals surface area contributed by atoms with Gasteiger partial charge in [-0.1, -0.05) is 30.3 Å². The molecule has 0 N–H and O–H groups in total. The van der Waals surface area contributed by atoms with E-state index < -0.39 is 0 Å². The Kier molecular flexibility index (Phi) is 5.22. The molecule has 1 aromatic heterocycles. The molecule has 6 heteroatoms. The summed E-state index contributed by atoms with van der Waals surface area (Å²) in [6, 6.07) is 11.4. The normalized spacial score (nSPS) is 20.0. The van der Waals surface area contributed by atoms with Crippen molar-refractivity contribution in [3.05, 3.63) is 52.2 Å². The predicted octanol–water partition coefficient (Wildman–Crippen LogP) is 1.15. The van der Waals surface area contributed by atoms with Crippen LogP contribution in [0.15, 0.2) is 35.1 Å². The minimum Gasteiger partial charge on any atom is -0.303 e. The summed E-state index contributed by atoms with van der Waals surface area (Å²) < 4.78 is 3.32. The van der Waals surface area contributed by atoms with Crippen LogP contribution in [0, 0.1) is 0 Å². The molecule has 0 aliphatic carbocycles. The predicted molar refractivity (Wildman–Crippen MR) is 102 cm³/mol. The van der Waals surface area contributed by atoms with Gasteiger partial charge in [-0.25, -0.2) is 9.48 Å². The molecular weight excluding hydrogens is 326 g/mol. The molecule has 0 radical (unpaired) electrons. The Morgan fingerprint density at radius 3 is 2.58 bits per heavy atom. The molecule has 4 rings (SSSR count). The summed E-state index contributed by atoms with van der Waals surface area (Å²) in [5, 5.41) is 4.39. The maximum atomic E-state index is 12.1. The fourth-order valence-electron chi connectivity index (χ4n) is 4.35. The van der Waals surface area contributed by atoms with Gasteiger partial charge in [0, 0.05) is 45.7 Å². The van der Waals surface area contributed by atoms with Crippen LogP contribution >= 0.6 is 0 Å². The summed E-state index contributed by atoms with van der Waals surface area (Å²) >= 11 is 0. The molecule has 2 aliphatic rings. The largest absolute Gasteiger partial charge is 0.345 e. The topological polar surface area (TPSA) is 46.3 Å². The van der Waals surface area contributed by atoms with E-state index in [1.54, 1.807) is 7.05 Å². The Morgan fingerprint density at radius 2 is 1.81 bits per heavy atom. The second-order valence-corrected chi connectivity index (χ2v) is 7.57. The molecule has 2 aromatic rings. The monoisotopic (exact) mass is 355 g/mol. The standard InChI is InChI=1S/C20H29N5O/c1-22-20(26)25-16-15-24(14-10-19(25)21-22)18-8-12-23(13-9-18)11-7-17-5-3-2-4-6-17/h2-6,18H,7-16H2,1H3. The zero-order valence-electron chi connectivity index (χ0n) is 15.7. The van der Waals surface area contributed by atoms with Gasteiger partial charge in [-0.3, -0.25) is 9.47 Å². The van der Waals surface area contributed by atoms with Crippen LogP contribution in [0.4, 0.5) is 0 Å². The first-order chi connectivity index (χ1) is 12.7. The average Bonchev–Trinajstić information content (AvgIpc) is 2.84. The fourth-order valence-corrected chi connectivity index (χ4v) is 4.35. The molecule has 0 saturated carbocycles. The molecule has 140 valence electrons. The van der Waals surface area contributed by atoms with Crippen molar-refractivity contribution in [2.24, 2.45) is 7.05 Å². The highest BCUT2D eigenvalue weighted by Crippen LogP contribution is 2.19. The molecular formula is C20H29N5O. The summed E-state index contributed by atoms with van der Waals surface area (Å²) in [5.41, 5.74) is 1.45.